The molecule has 0 atom stereocenters. The lowest BCUT2D eigenvalue weighted by Gasteiger charge is -2.08. The van der Waals surface area contributed by atoms with Gasteiger partial charge in [-0.05, 0) is 18.2 Å². The highest BCUT2D eigenvalue weighted by molar-refractivity contribution is 5.91. The van der Waals surface area contributed by atoms with Crippen molar-refractivity contribution in [1.29, 1.82) is 0 Å². The fraction of sp³-hybridized carbons (Fsp3) is 0.0625. The third-order valence-electron chi connectivity index (χ3n) is 3.39. The topological polar surface area (TPSA) is 107 Å². The minimum Gasteiger partial charge on any atom is -0.324 e. The number of carbonyl (C=O) groups is 1. The first-order valence-electron chi connectivity index (χ1n) is 7.03. The van der Waals surface area contributed by atoms with Crippen LogP contribution in [0.2, 0.25) is 0 Å². The Balaban J connectivity index is 1.80. The van der Waals surface area contributed by atoms with Crippen molar-refractivity contribution in [2.75, 3.05) is 5.32 Å². The number of hydrogen-bond donors (Lipinski definition) is 1. The van der Waals surface area contributed by atoms with Crippen LogP contribution in [0.15, 0.2) is 59.7 Å². The second kappa shape index (κ2) is 6.29. The molecule has 3 aromatic rings. The Labute approximate surface area is 135 Å². The van der Waals surface area contributed by atoms with Gasteiger partial charge in [0.15, 0.2) is 0 Å². The van der Waals surface area contributed by atoms with E-state index in [1.807, 2.05) is 0 Å². The van der Waals surface area contributed by atoms with E-state index in [0.29, 0.717) is 10.9 Å². The van der Waals surface area contributed by atoms with Gasteiger partial charge in [0, 0.05) is 17.8 Å². The summed E-state index contributed by atoms with van der Waals surface area (Å²) in [5, 5.41) is 13.7. The van der Waals surface area contributed by atoms with Crippen molar-refractivity contribution in [1.82, 2.24) is 9.55 Å². The fourth-order valence-corrected chi connectivity index (χ4v) is 2.27. The molecule has 0 saturated heterocycles. The zero-order valence-corrected chi connectivity index (χ0v) is 12.4. The fourth-order valence-electron chi connectivity index (χ4n) is 2.27. The highest BCUT2D eigenvalue weighted by atomic mass is 16.6. The molecular formula is C16H12N4O4. The van der Waals surface area contributed by atoms with E-state index in [2.05, 4.69) is 10.3 Å². The zero-order chi connectivity index (χ0) is 17.1. The zero-order valence-electron chi connectivity index (χ0n) is 12.4. The van der Waals surface area contributed by atoms with Crippen molar-refractivity contribution < 1.29 is 9.72 Å². The molecule has 1 heterocycles. The van der Waals surface area contributed by atoms with E-state index in [-0.39, 0.29) is 23.5 Å². The first kappa shape index (κ1) is 15.3. The molecule has 0 bridgehead atoms. The van der Waals surface area contributed by atoms with Crippen molar-refractivity contribution in [2.45, 2.75) is 6.54 Å². The van der Waals surface area contributed by atoms with Crippen LogP contribution in [-0.2, 0) is 11.3 Å². The highest BCUT2D eigenvalue weighted by Crippen LogP contribution is 2.16. The van der Waals surface area contributed by atoms with E-state index in [1.165, 1.54) is 35.2 Å². The van der Waals surface area contributed by atoms with Gasteiger partial charge in [0.2, 0.25) is 5.91 Å². The SMILES string of the molecule is O=C(Cn1cnc2ccccc2c1=O)Nc1cccc([N+](=O)[O-])c1. The standard InChI is InChI=1S/C16H12N4O4/c21-15(18-11-4-3-5-12(8-11)20(23)24)9-19-10-17-14-7-2-1-6-13(14)16(19)22/h1-8,10H,9H2,(H,18,21). The number of carbonyl (C=O) groups excluding carboxylic acids is 1. The Morgan fingerprint density at radius 2 is 2.00 bits per heavy atom. The van der Waals surface area contributed by atoms with E-state index in [0.717, 1.165) is 0 Å². The number of non-ortho nitro benzene ring substituents is 1. The number of aromatic nitrogens is 2. The van der Waals surface area contributed by atoms with Crippen LogP contribution in [0.4, 0.5) is 11.4 Å². The van der Waals surface area contributed by atoms with E-state index >= 15 is 0 Å². The number of para-hydroxylation sites is 1. The predicted octanol–water partition coefficient (Wildman–Crippen LogP) is 1.94. The van der Waals surface area contributed by atoms with Gasteiger partial charge in [-0.2, -0.15) is 0 Å². The molecule has 2 aromatic carbocycles. The van der Waals surface area contributed by atoms with Gasteiger partial charge >= 0.3 is 0 Å². The lowest BCUT2D eigenvalue weighted by atomic mass is 10.2. The van der Waals surface area contributed by atoms with Crippen molar-refractivity contribution >= 4 is 28.2 Å². The number of amides is 1. The maximum atomic E-state index is 12.3. The number of nitrogens with zero attached hydrogens (tertiary/aromatic N) is 3. The minimum absolute atomic E-state index is 0.127. The number of nitro benzene ring substituents is 1. The van der Waals surface area contributed by atoms with Crippen LogP contribution in [-0.4, -0.2) is 20.4 Å². The highest BCUT2D eigenvalue weighted by Gasteiger charge is 2.10. The molecule has 0 aliphatic heterocycles. The van der Waals surface area contributed by atoms with Crippen LogP contribution in [0.25, 0.3) is 10.9 Å². The van der Waals surface area contributed by atoms with E-state index in [4.69, 9.17) is 0 Å². The van der Waals surface area contributed by atoms with E-state index < -0.39 is 10.8 Å². The van der Waals surface area contributed by atoms with Crippen LogP contribution in [0.5, 0.6) is 0 Å². The summed E-state index contributed by atoms with van der Waals surface area (Å²) in [4.78, 5) is 38.7. The summed E-state index contributed by atoms with van der Waals surface area (Å²) in [6.45, 7) is -0.237. The predicted molar refractivity (Wildman–Crippen MR) is 87.7 cm³/mol. The van der Waals surface area contributed by atoms with Gasteiger partial charge < -0.3 is 5.32 Å². The van der Waals surface area contributed by atoms with Gasteiger partial charge in [0.05, 0.1) is 22.2 Å². The molecule has 0 aliphatic rings. The van der Waals surface area contributed by atoms with Crippen LogP contribution in [0.3, 0.4) is 0 Å². The smallest absolute Gasteiger partial charge is 0.271 e. The van der Waals surface area contributed by atoms with Crippen LogP contribution in [0, 0.1) is 10.1 Å². The number of hydrogen-bond acceptors (Lipinski definition) is 5. The molecule has 3 rings (SSSR count). The molecule has 1 N–H and O–H groups in total. The van der Waals surface area contributed by atoms with E-state index in [9.17, 15) is 19.7 Å². The Morgan fingerprint density at radius 1 is 1.21 bits per heavy atom. The summed E-state index contributed by atoms with van der Waals surface area (Å²) in [6.07, 6.45) is 1.30. The van der Waals surface area contributed by atoms with Crippen LogP contribution in [0.1, 0.15) is 0 Å². The third-order valence-corrected chi connectivity index (χ3v) is 3.39. The summed E-state index contributed by atoms with van der Waals surface area (Å²) in [7, 11) is 0. The number of benzene rings is 2. The third kappa shape index (κ3) is 3.12. The monoisotopic (exact) mass is 324 g/mol. The van der Waals surface area contributed by atoms with Crippen molar-refractivity contribution in [2.24, 2.45) is 0 Å². The van der Waals surface area contributed by atoms with Gasteiger partial charge in [-0.15, -0.1) is 0 Å². The molecule has 0 fully saturated rings. The molecule has 1 aromatic heterocycles. The maximum absolute atomic E-state index is 12.3. The van der Waals surface area contributed by atoms with Crippen molar-refractivity contribution in [3.05, 3.63) is 75.3 Å². The number of fused-ring (bicyclic) bond motifs is 1. The second-order valence-corrected chi connectivity index (χ2v) is 5.05. The number of nitro groups is 1. The first-order chi connectivity index (χ1) is 11.5. The second-order valence-electron chi connectivity index (χ2n) is 5.05. The molecule has 1 amide bonds. The Hall–Kier alpha value is -3.55. The van der Waals surface area contributed by atoms with Gasteiger partial charge in [-0.25, -0.2) is 4.98 Å². The average Bonchev–Trinajstić information content (AvgIpc) is 2.58. The first-order valence-corrected chi connectivity index (χ1v) is 7.03. The molecule has 120 valence electrons. The molecule has 24 heavy (non-hydrogen) atoms. The molecule has 0 radical (unpaired) electrons. The summed E-state index contributed by atoms with van der Waals surface area (Å²) in [6, 6.07) is 12.4. The largest absolute Gasteiger partial charge is 0.324 e. The Morgan fingerprint density at radius 3 is 2.79 bits per heavy atom. The van der Waals surface area contributed by atoms with Crippen LogP contribution >= 0.6 is 0 Å². The number of anilines is 1. The molecule has 0 saturated carbocycles. The summed E-state index contributed by atoms with van der Waals surface area (Å²) < 4.78 is 1.19. The molecule has 0 aliphatic carbocycles. The van der Waals surface area contributed by atoms with Gasteiger partial charge in [0.25, 0.3) is 11.2 Å². The van der Waals surface area contributed by atoms with E-state index in [1.54, 1.807) is 24.3 Å². The summed E-state index contributed by atoms with van der Waals surface area (Å²) >= 11 is 0. The quantitative estimate of drug-likeness (QED) is 0.583. The van der Waals surface area contributed by atoms with Gasteiger partial charge in [-0.3, -0.25) is 24.3 Å². The van der Waals surface area contributed by atoms with Crippen molar-refractivity contribution in [3.63, 3.8) is 0 Å². The van der Waals surface area contributed by atoms with Crippen LogP contribution < -0.4 is 10.9 Å². The van der Waals surface area contributed by atoms with Gasteiger partial charge in [0.1, 0.15) is 6.54 Å². The minimum atomic E-state index is -0.548. The normalized spacial score (nSPS) is 10.5. The molecule has 8 heteroatoms. The Bertz CT molecular complexity index is 997. The summed E-state index contributed by atoms with van der Waals surface area (Å²) in [5.74, 6) is -0.477. The average molecular weight is 324 g/mol. The van der Waals surface area contributed by atoms with Gasteiger partial charge in [-0.1, -0.05) is 18.2 Å². The molecule has 8 nitrogen and oxygen atoms in total. The Kier molecular flexibility index (Phi) is 4.02. The molecule has 0 unspecified atom stereocenters. The summed E-state index contributed by atoms with van der Waals surface area (Å²) in [5.41, 5.74) is 0.390. The number of rotatable bonds is 4. The molecule has 0 spiro atoms. The maximum Gasteiger partial charge on any atom is 0.271 e. The van der Waals surface area contributed by atoms with Crippen molar-refractivity contribution in [3.8, 4) is 0 Å². The number of nitrogens with one attached hydrogen (secondary N) is 1. The lowest BCUT2D eigenvalue weighted by molar-refractivity contribution is -0.384. The molecular weight excluding hydrogens is 312 g/mol. The lowest BCUT2D eigenvalue weighted by Crippen LogP contribution is -2.27.